The maximum atomic E-state index is 13.2. The Hall–Kier alpha value is -3.27. The van der Waals surface area contributed by atoms with Crippen LogP contribution in [0.4, 0.5) is 11.4 Å². The van der Waals surface area contributed by atoms with E-state index in [2.05, 4.69) is 6.92 Å². The molecule has 2 N–H and O–H groups in total. The summed E-state index contributed by atoms with van der Waals surface area (Å²) in [7, 11) is 0. The quantitative estimate of drug-likeness (QED) is 0.614. The summed E-state index contributed by atoms with van der Waals surface area (Å²) in [5.74, 6) is 0.0935. The highest BCUT2D eigenvalue weighted by Crippen LogP contribution is 2.30. The number of hydrogen-bond acceptors (Lipinski definition) is 3. The maximum absolute atomic E-state index is 13.2. The number of aromatic hydroxyl groups is 2. The van der Waals surface area contributed by atoms with Crippen LogP contribution in [0.5, 0.6) is 11.5 Å². The molecule has 0 radical (unpaired) electrons. The van der Waals surface area contributed by atoms with Gasteiger partial charge in [-0.3, -0.25) is 9.69 Å². The second-order valence-corrected chi connectivity index (χ2v) is 6.12. The maximum Gasteiger partial charge on any atom is 0.262 e. The molecule has 0 aliphatic carbocycles. The number of nitrogens with zero attached hydrogens (tertiary/aromatic N) is 1. The summed E-state index contributed by atoms with van der Waals surface area (Å²) in [6.45, 7) is 2.12. The number of phenolic OH excluding ortho intramolecular Hbond substituents is 2. The molecule has 27 heavy (non-hydrogen) atoms. The highest BCUT2D eigenvalue weighted by molar-refractivity contribution is 6.10. The minimum absolute atomic E-state index is 0. The first-order valence-corrected chi connectivity index (χ1v) is 8.60. The Kier molecular flexibility index (Phi) is 6.61. The van der Waals surface area contributed by atoms with Crippen molar-refractivity contribution in [1.29, 1.82) is 0 Å². The minimum atomic E-state index is -0.176. The van der Waals surface area contributed by atoms with Gasteiger partial charge in [-0.1, -0.05) is 32.9 Å². The van der Waals surface area contributed by atoms with Crippen molar-refractivity contribution in [2.24, 2.45) is 0 Å². The Morgan fingerprint density at radius 2 is 1.22 bits per heavy atom. The van der Waals surface area contributed by atoms with E-state index >= 15 is 0 Å². The number of amides is 1. The van der Waals surface area contributed by atoms with Crippen LogP contribution in [0.1, 0.15) is 36.7 Å². The van der Waals surface area contributed by atoms with Crippen LogP contribution >= 0.6 is 0 Å². The van der Waals surface area contributed by atoms with E-state index in [0.29, 0.717) is 16.9 Å². The molecule has 1 amide bonds. The lowest BCUT2D eigenvalue weighted by Gasteiger charge is -2.23. The van der Waals surface area contributed by atoms with Gasteiger partial charge in [0.1, 0.15) is 11.5 Å². The van der Waals surface area contributed by atoms with Gasteiger partial charge in [0.05, 0.1) is 0 Å². The first-order chi connectivity index (χ1) is 12.6. The van der Waals surface area contributed by atoms with Gasteiger partial charge in [-0.25, -0.2) is 0 Å². The summed E-state index contributed by atoms with van der Waals surface area (Å²) in [4.78, 5) is 14.7. The third-order valence-electron chi connectivity index (χ3n) is 4.16. The Morgan fingerprint density at radius 3 is 1.63 bits per heavy atom. The van der Waals surface area contributed by atoms with Crippen LogP contribution in [0.3, 0.4) is 0 Å². The van der Waals surface area contributed by atoms with Crippen LogP contribution in [0.2, 0.25) is 0 Å². The second-order valence-electron chi connectivity index (χ2n) is 6.12. The van der Waals surface area contributed by atoms with Crippen molar-refractivity contribution in [2.75, 3.05) is 4.90 Å². The lowest BCUT2D eigenvalue weighted by atomic mass is 10.1. The highest BCUT2D eigenvalue weighted by atomic mass is 16.3. The van der Waals surface area contributed by atoms with E-state index in [-0.39, 0.29) is 24.8 Å². The summed E-state index contributed by atoms with van der Waals surface area (Å²) in [6.07, 6.45) is 2.04. The third kappa shape index (κ3) is 4.67. The molecule has 0 bridgehead atoms. The van der Waals surface area contributed by atoms with Crippen molar-refractivity contribution >= 4 is 17.3 Å². The van der Waals surface area contributed by atoms with Gasteiger partial charge in [-0.05, 0) is 72.6 Å². The van der Waals surface area contributed by atoms with E-state index in [1.807, 2.05) is 24.3 Å². The van der Waals surface area contributed by atoms with Crippen LogP contribution in [0.25, 0.3) is 0 Å². The van der Waals surface area contributed by atoms with Gasteiger partial charge >= 0.3 is 0 Å². The zero-order chi connectivity index (χ0) is 18.5. The van der Waals surface area contributed by atoms with E-state index < -0.39 is 0 Å². The molecule has 0 fully saturated rings. The van der Waals surface area contributed by atoms with E-state index in [1.165, 1.54) is 5.56 Å². The summed E-state index contributed by atoms with van der Waals surface area (Å²) >= 11 is 0. The van der Waals surface area contributed by atoms with Gasteiger partial charge in [-0.15, -0.1) is 0 Å². The molecule has 0 aliphatic heterocycles. The van der Waals surface area contributed by atoms with Crippen molar-refractivity contribution < 1.29 is 15.0 Å². The van der Waals surface area contributed by atoms with Crippen molar-refractivity contribution in [3.63, 3.8) is 0 Å². The molecule has 3 aromatic rings. The average Bonchev–Trinajstić information content (AvgIpc) is 2.66. The predicted molar refractivity (Wildman–Crippen MR) is 110 cm³/mol. The van der Waals surface area contributed by atoms with Gasteiger partial charge in [-0.2, -0.15) is 0 Å². The Balaban J connectivity index is 0.00000261. The summed E-state index contributed by atoms with van der Waals surface area (Å²) in [6, 6.07) is 20.5. The fraction of sp³-hybridized carbons (Fsp3) is 0.174. The molecular weight excluding hydrogens is 338 g/mol. The van der Waals surface area contributed by atoms with Crippen LogP contribution in [-0.2, 0) is 6.42 Å². The number of carbonyl (C=O) groups excluding carboxylic acids is 1. The number of aryl methyl sites for hydroxylation is 1. The SMILES string of the molecule is C.CCCc1ccc(C(=O)N(c2ccc(O)cc2)c2ccc(O)cc2)cc1. The van der Waals surface area contributed by atoms with Crippen LogP contribution in [0.15, 0.2) is 72.8 Å². The van der Waals surface area contributed by atoms with Crippen LogP contribution < -0.4 is 4.90 Å². The molecule has 4 nitrogen and oxygen atoms in total. The van der Waals surface area contributed by atoms with Gasteiger partial charge < -0.3 is 10.2 Å². The van der Waals surface area contributed by atoms with E-state index in [9.17, 15) is 15.0 Å². The number of rotatable bonds is 5. The summed E-state index contributed by atoms with van der Waals surface area (Å²) in [5.41, 5.74) is 3.04. The third-order valence-corrected chi connectivity index (χ3v) is 4.16. The average molecular weight is 363 g/mol. The van der Waals surface area contributed by atoms with Gasteiger partial charge in [0.25, 0.3) is 5.91 Å². The number of carbonyl (C=O) groups is 1. The molecule has 3 aromatic carbocycles. The fourth-order valence-corrected chi connectivity index (χ4v) is 2.82. The number of hydrogen-bond donors (Lipinski definition) is 2. The topological polar surface area (TPSA) is 60.8 Å². The standard InChI is InChI=1S/C22H21NO3.CH4/c1-2-3-16-4-6-17(7-5-16)22(26)23(18-8-12-20(24)13-9-18)19-10-14-21(25)15-11-19;/h4-15,24-25H,2-3H2,1H3;1H4. The number of benzene rings is 3. The summed E-state index contributed by atoms with van der Waals surface area (Å²) in [5, 5.41) is 19.1. The number of phenols is 2. The van der Waals surface area contributed by atoms with Gasteiger partial charge in [0.15, 0.2) is 0 Å². The molecule has 0 saturated carbocycles. The molecule has 4 heteroatoms. The van der Waals surface area contributed by atoms with Crippen molar-refractivity contribution in [2.45, 2.75) is 27.2 Å². The highest BCUT2D eigenvalue weighted by Gasteiger charge is 2.20. The van der Waals surface area contributed by atoms with E-state index in [4.69, 9.17) is 0 Å². The fourth-order valence-electron chi connectivity index (χ4n) is 2.82. The van der Waals surface area contributed by atoms with Gasteiger partial charge in [0.2, 0.25) is 0 Å². The Labute approximate surface area is 160 Å². The number of anilines is 2. The minimum Gasteiger partial charge on any atom is -0.508 e. The van der Waals surface area contributed by atoms with Crippen LogP contribution in [-0.4, -0.2) is 16.1 Å². The zero-order valence-corrected chi connectivity index (χ0v) is 14.6. The van der Waals surface area contributed by atoms with Gasteiger partial charge in [0, 0.05) is 16.9 Å². The smallest absolute Gasteiger partial charge is 0.262 e. The van der Waals surface area contributed by atoms with Crippen LogP contribution in [0, 0.1) is 0 Å². The molecule has 0 unspecified atom stereocenters. The Bertz CT molecular complexity index is 824. The lowest BCUT2D eigenvalue weighted by molar-refractivity contribution is 0.0999. The molecule has 0 aliphatic rings. The second kappa shape index (κ2) is 8.90. The van der Waals surface area contributed by atoms with Crippen molar-refractivity contribution in [3.8, 4) is 11.5 Å². The van der Waals surface area contributed by atoms with Crippen molar-refractivity contribution in [1.82, 2.24) is 0 Å². The lowest BCUT2D eigenvalue weighted by Crippen LogP contribution is -2.25. The zero-order valence-electron chi connectivity index (χ0n) is 14.6. The first kappa shape index (κ1) is 20.0. The molecule has 140 valence electrons. The predicted octanol–water partition coefficient (Wildman–Crippen LogP) is 5.66. The van der Waals surface area contributed by atoms with Crippen molar-refractivity contribution in [3.05, 3.63) is 83.9 Å². The molecule has 3 rings (SSSR count). The first-order valence-electron chi connectivity index (χ1n) is 8.60. The molecule has 0 aromatic heterocycles. The molecule has 0 spiro atoms. The molecule has 0 saturated heterocycles. The Morgan fingerprint density at radius 1 is 0.778 bits per heavy atom. The molecule has 0 heterocycles. The summed E-state index contributed by atoms with van der Waals surface area (Å²) < 4.78 is 0. The van der Waals surface area contributed by atoms with E-state index in [0.717, 1.165) is 12.8 Å². The largest absolute Gasteiger partial charge is 0.508 e. The monoisotopic (exact) mass is 363 g/mol. The normalized spacial score (nSPS) is 10.1. The molecule has 0 atom stereocenters. The van der Waals surface area contributed by atoms with E-state index in [1.54, 1.807) is 53.4 Å². The molecular formula is C23H25NO3.